The van der Waals surface area contributed by atoms with Crippen molar-refractivity contribution in [3.63, 3.8) is 0 Å². The zero-order chi connectivity index (χ0) is 13.6. The molecule has 0 aliphatic heterocycles. The largest absolute Gasteiger partial charge is 0.481 e. The summed E-state index contributed by atoms with van der Waals surface area (Å²) in [5, 5.41) is 10.9. The van der Waals surface area contributed by atoms with Gasteiger partial charge in [0.2, 0.25) is 15.9 Å². The first-order chi connectivity index (χ1) is 7.64. The van der Waals surface area contributed by atoms with Gasteiger partial charge in [-0.15, -0.1) is 0 Å². The molecule has 8 heteroatoms. The van der Waals surface area contributed by atoms with Crippen molar-refractivity contribution in [2.45, 2.75) is 39.3 Å². The van der Waals surface area contributed by atoms with E-state index in [2.05, 4.69) is 10.0 Å². The summed E-state index contributed by atoms with van der Waals surface area (Å²) in [6.45, 7) is 4.91. The molecule has 0 radical (unpaired) electrons. The maximum absolute atomic E-state index is 11.4. The van der Waals surface area contributed by atoms with E-state index in [4.69, 9.17) is 5.11 Å². The highest BCUT2D eigenvalue weighted by Crippen LogP contribution is 1.94. The number of aliphatic carboxylic acids is 1. The molecule has 100 valence electrons. The van der Waals surface area contributed by atoms with E-state index in [1.54, 1.807) is 13.8 Å². The molecule has 1 atom stereocenters. The van der Waals surface area contributed by atoms with Crippen LogP contribution in [0.3, 0.4) is 0 Å². The highest BCUT2D eigenvalue weighted by molar-refractivity contribution is 7.89. The Bertz CT molecular complexity index is 377. The second-order valence-corrected chi connectivity index (χ2v) is 5.84. The van der Waals surface area contributed by atoms with Crippen molar-refractivity contribution in [2.75, 3.05) is 5.75 Å². The molecule has 0 spiro atoms. The summed E-state index contributed by atoms with van der Waals surface area (Å²) in [4.78, 5) is 21.7. The Morgan fingerprint density at radius 1 is 1.24 bits per heavy atom. The number of hydrogen-bond acceptors (Lipinski definition) is 4. The fourth-order valence-electron chi connectivity index (χ4n) is 1.01. The van der Waals surface area contributed by atoms with Crippen LogP contribution in [0.25, 0.3) is 0 Å². The number of rotatable bonds is 7. The van der Waals surface area contributed by atoms with E-state index in [1.165, 1.54) is 6.92 Å². The Kier molecular flexibility index (Phi) is 6.11. The van der Waals surface area contributed by atoms with Crippen molar-refractivity contribution in [3.8, 4) is 0 Å². The molecule has 7 nitrogen and oxygen atoms in total. The molecule has 0 rings (SSSR count). The first-order valence-electron chi connectivity index (χ1n) is 5.16. The van der Waals surface area contributed by atoms with Gasteiger partial charge in [-0.3, -0.25) is 9.59 Å². The molecule has 0 aromatic carbocycles. The van der Waals surface area contributed by atoms with Crippen LogP contribution in [0, 0.1) is 0 Å². The van der Waals surface area contributed by atoms with E-state index >= 15 is 0 Å². The van der Waals surface area contributed by atoms with Crippen molar-refractivity contribution < 1.29 is 23.1 Å². The van der Waals surface area contributed by atoms with Crippen molar-refractivity contribution >= 4 is 21.9 Å². The lowest BCUT2D eigenvalue weighted by molar-refractivity contribution is -0.136. The molecule has 1 amide bonds. The summed E-state index contributed by atoms with van der Waals surface area (Å²) in [6, 6.07) is -1.01. The summed E-state index contributed by atoms with van der Waals surface area (Å²) in [5.41, 5.74) is 0. The molecule has 0 saturated carbocycles. The Morgan fingerprint density at radius 2 is 1.76 bits per heavy atom. The van der Waals surface area contributed by atoms with Gasteiger partial charge in [0, 0.05) is 6.04 Å². The fourth-order valence-corrected chi connectivity index (χ4v) is 2.22. The normalized spacial score (nSPS) is 13.4. The number of nitrogens with one attached hydrogen (secondary N) is 2. The first kappa shape index (κ1) is 15.9. The molecule has 0 aromatic rings. The molecule has 0 bridgehead atoms. The molecule has 0 aromatic heterocycles. The van der Waals surface area contributed by atoms with E-state index in [0.717, 1.165) is 0 Å². The second kappa shape index (κ2) is 6.55. The third kappa shape index (κ3) is 7.70. The van der Waals surface area contributed by atoms with Crippen LogP contribution in [0.1, 0.15) is 27.2 Å². The van der Waals surface area contributed by atoms with Gasteiger partial charge in [-0.25, -0.2) is 13.1 Å². The van der Waals surface area contributed by atoms with E-state index in [-0.39, 0.29) is 6.04 Å². The molecule has 17 heavy (non-hydrogen) atoms. The van der Waals surface area contributed by atoms with Crippen LogP contribution in [0.2, 0.25) is 0 Å². The standard InChI is InChI=1S/C9H18N2O5S/c1-6(2)10-9(14)7(3)11-17(15,16)5-4-8(12)13/h6-7,11H,4-5H2,1-3H3,(H,10,14)(H,12,13). The minimum Gasteiger partial charge on any atom is -0.481 e. The van der Waals surface area contributed by atoms with Crippen LogP contribution < -0.4 is 10.0 Å². The highest BCUT2D eigenvalue weighted by atomic mass is 32.2. The van der Waals surface area contributed by atoms with Crippen LogP contribution in [-0.2, 0) is 19.6 Å². The topological polar surface area (TPSA) is 113 Å². The van der Waals surface area contributed by atoms with Crippen LogP contribution in [-0.4, -0.2) is 43.2 Å². The van der Waals surface area contributed by atoms with E-state index in [0.29, 0.717) is 0 Å². The lowest BCUT2D eigenvalue weighted by atomic mass is 10.3. The minimum absolute atomic E-state index is 0.0894. The van der Waals surface area contributed by atoms with Gasteiger partial charge >= 0.3 is 5.97 Å². The van der Waals surface area contributed by atoms with Gasteiger partial charge in [0.1, 0.15) is 0 Å². The minimum atomic E-state index is -3.75. The lowest BCUT2D eigenvalue weighted by Gasteiger charge is -2.15. The number of amides is 1. The SMILES string of the molecule is CC(C)NC(=O)C(C)NS(=O)(=O)CCC(=O)O. The predicted molar refractivity (Wildman–Crippen MR) is 61.9 cm³/mol. The zero-order valence-corrected chi connectivity index (χ0v) is 10.9. The highest BCUT2D eigenvalue weighted by Gasteiger charge is 2.21. The van der Waals surface area contributed by atoms with Gasteiger partial charge in [0.05, 0.1) is 18.2 Å². The Balaban J connectivity index is 4.31. The number of carboxylic acid groups (broad SMARTS) is 1. The summed E-state index contributed by atoms with van der Waals surface area (Å²) >= 11 is 0. The number of carbonyl (C=O) groups excluding carboxylic acids is 1. The van der Waals surface area contributed by atoms with E-state index < -0.39 is 40.1 Å². The Morgan fingerprint density at radius 3 is 2.18 bits per heavy atom. The molecule has 0 heterocycles. The molecule has 0 saturated heterocycles. The van der Waals surface area contributed by atoms with Crippen LogP contribution in [0.4, 0.5) is 0 Å². The molecule has 3 N–H and O–H groups in total. The quantitative estimate of drug-likeness (QED) is 0.563. The van der Waals surface area contributed by atoms with Gasteiger partial charge in [0.25, 0.3) is 0 Å². The summed E-state index contributed by atoms with van der Waals surface area (Å²) in [5.74, 6) is -2.18. The molecule has 0 fully saturated rings. The molecule has 0 aliphatic carbocycles. The van der Waals surface area contributed by atoms with E-state index in [1.807, 2.05) is 0 Å². The van der Waals surface area contributed by atoms with Crippen molar-refractivity contribution in [2.24, 2.45) is 0 Å². The Hall–Kier alpha value is -1.15. The number of carbonyl (C=O) groups is 2. The molecule has 1 unspecified atom stereocenters. The number of hydrogen-bond donors (Lipinski definition) is 3. The average molecular weight is 266 g/mol. The van der Waals surface area contributed by atoms with Gasteiger partial charge in [-0.05, 0) is 20.8 Å². The third-order valence-corrected chi connectivity index (χ3v) is 3.22. The van der Waals surface area contributed by atoms with Gasteiger partial charge < -0.3 is 10.4 Å². The van der Waals surface area contributed by atoms with E-state index in [9.17, 15) is 18.0 Å². The van der Waals surface area contributed by atoms with Crippen molar-refractivity contribution in [1.29, 1.82) is 0 Å². The monoisotopic (exact) mass is 266 g/mol. The van der Waals surface area contributed by atoms with Gasteiger partial charge in [0.15, 0.2) is 0 Å². The molecular formula is C9H18N2O5S. The second-order valence-electron chi connectivity index (χ2n) is 3.97. The predicted octanol–water partition coefficient (Wildman–Crippen LogP) is -0.706. The average Bonchev–Trinajstić information content (AvgIpc) is 2.13. The summed E-state index contributed by atoms with van der Waals surface area (Å²) < 4.78 is 24.9. The van der Waals surface area contributed by atoms with Crippen LogP contribution >= 0.6 is 0 Å². The first-order valence-corrected chi connectivity index (χ1v) is 6.81. The number of carboxylic acids is 1. The Labute approximate surface area is 101 Å². The summed E-state index contributed by atoms with van der Waals surface area (Å²) in [7, 11) is -3.75. The lowest BCUT2D eigenvalue weighted by Crippen LogP contribution is -2.47. The fraction of sp³-hybridized carbons (Fsp3) is 0.778. The van der Waals surface area contributed by atoms with Crippen molar-refractivity contribution in [3.05, 3.63) is 0 Å². The molecule has 0 aliphatic rings. The van der Waals surface area contributed by atoms with Crippen LogP contribution in [0.15, 0.2) is 0 Å². The van der Waals surface area contributed by atoms with Gasteiger partial charge in [-0.1, -0.05) is 0 Å². The summed E-state index contributed by atoms with van der Waals surface area (Å²) in [6.07, 6.45) is -0.492. The zero-order valence-electron chi connectivity index (χ0n) is 10.1. The smallest absolute Gasteiger partial charge is 0.304 e. The maximum Gasteiger partial charge on any atom is 0.304 e. The van der Waals surface area contributed by atoms with Crippen molar-refractivity contribution in [1.82, 2.24) is 10.0 Å². The van der Waals surface area contributed by atoms with Crippen LogP contribution in [0.5, 0.6) is 0 Å². The maximum atomic E-state index is 11.4. The third-order valence-electron chi connectivity index (χ3n) is 1.77. The number of sulfonamides is 1. The molecular weight excluding hydrogens is 248 g/mol. The van der Waals surface area contributed by atoms with Gasteiger partial charge in [-0.2, -0.15) is 0 Å².